The highest BCUT2D eigenvalue weighted by Gasteiger charge is 2.30. The van der Waals surface area contributed by atoms with Gasteiger partial charge in [0.25, 0.3) is 0 Å². The maximum absolute atomic E-state index is 8.75. The van der Waals surface area contributed by atoms with Crippen LogP contribution in [0.25, 0.3) is 0 Å². The molecule has 4 heteroatoms. The van der Waals surface area contributed by atoms with Crippen LogP contribution < -0.4 is 10.6 Å². The van der Waals surface area contributed by atoms with Gasteiger partial charge >= 0.3 is 0 Å². The Morgan fingerprint density at radius 2 is 2.18 bits per heavy atom. The summed E-state index contributed by atoms with van der Waals surface area (Å²) >= 11 is 1.92. The van der Waals surface area contributed by atoms with Crippen LogP contribution in [-0.2, 0) is 0 Å². The maximum Gasteiger partial charge on any atom is 0.0990 e. The zero-order valence-corrected chi connectivity index (χ0v) is 11.0. The fourth-order valence-corrected chi connectivity index (χ4v) is 3.41. The van der Waals surface area contributed by atoms with Crippen LogP contribution in [0.5, 0.6) is 0 Å². The van der Waals surface area contributed by atoms with E-state index in [0.29, 0.717) is 11.3 Å². The second-order valence-corrected chi connectivity index (χ2v) is 5.35. The van der Waals surface area contributed by atoms with Crippen molar-refractivity contribution in [3.05, 3.63) is 29.8 Å². The average molecular weight is 253 g/mol. The molecule has 3 nitrogen and oxygen atoms in total. The van der Waals surface area contributed by atoms with Crippen LogP contribution >= 0.6 is 11.8 Å². The zero-order valence-electron chi connectivity index (χ0n) is 10.2. The topological polar surface area (TPSA) is 48.9 Å². The second kappa shape index (κ2) is 6.28. The normalized spacial score (nSPS) is 22.2. The summed E-state index contributed by atoms with van der Waals surface area (Å²) in [7, 11) is 0. The lowest BCUT2D eigenvalue weighted by Crippen LogP contribution is -2.85. The molecule has 0 spiro atoms. The van der Waals surface area contributed by atoms with Gasteiger partial charge in [0.15, 0.2) is 0 Å². The molecule has 1 aliphatic heterocycles. The van der Waals surface area contributed by atoms with E-state index in [-0.39, 0.29) is 6.61 Å². The number of aliphatic hydroxyl groups is 1. The van der Waals surface area contributed by atoms with Crippen LogP contribution in [0, 0.1) is 0 Å². The molecule has 0 saturated carbocycles. The minimum atomic E-state index is 0.268. The average Bonchev–Trinajstić information content (AvgIpc) is 2.72. The highest BCUT2D eigenvalue weighted by Crippen LogP contribution is 2.42. The molecular formula is C13H21N2OS+. The standard InChI is InChI=1S/C13H20N2OS/c1-17-13-10-4-2-3-5-11(10)15-12(13)6-7-14-8-9-16/h2-5,12-16H,6-9H2,1H3/p+1/t12-,13-/m0/s1. The van der Waals surface area contributed by atoms with Crippen molar-refractivity contribution < 1.29 is 10.4 Å². The zero-order chi connectivity index (χ0) is 12.1. The van der Waals surface area contributed by atoms with E-state index < -0.39 is 0 Å². The van der Waals surface area contributed by atoms with E-state index in [1.54, 1.807) is 0 Å². The molecule has 1 aliphatic rings. The molecule has 0 fully saturated rings. The van der Waals surface area contributed by atoms with E-state index in [2.05, 4.69) is 41.2 Å². The molecule has 0 radical (unpaired) electrons. The fraction of sp³-hybridized carbons (Fsp3) is 0.538. The molecule has 1 aromatic carbocycles. The number of rotatable bonds is 6. The molecule has 0 saturated heterocycles. The lowest BCUT2D eigenvalue weighted by atomic mass is 10.1. The van der Waals surface area contributed by atoms with Crippen molar-refractivity contribution in [3.63, 3.8) is 0 Å². The Bertz CT molecular complexity index is 359. The van der Waals surface area contributed by atoms with E-state index in [1.165, 1.54) is 11.3 Å². The van der Waals surface area contributed by atoms with E-state index in [0.717, 1.165) is 19.5 Å². The molecule has 2 rings (SSSR count). The third kappa shape index (κ3) is 2.94. The number of nitrogens with one attached hydrogen (secondary N) is 1. The minimum absolute atomic E-state index is 0.268. The van der Waals surface area contributed by atoms with Gasteiger partial charge in [0.1, 0.15) is 0 Å². The number of nitrogens with two attached hydrogens (primary N) is 1. The van der Waals surface area contributed by atoms with Gasteiger partial charge in [0, 0.05) is 18.2 Å². The Balaban J connectivity index is 1.93. The summed E-state index contributed by atoms with van der Waals surface area (Å²) in [6.45, 7) is 2.15. The van der Waals surface area contributed by atoms with Gasteiger partial charge in [-0.05, 0) is 17.9 Å². The predicted molar refractivity (Wildman–Crippen MR) is 73.5 cm³/mol. The number of benzene rings is 1. The van der Waals surface area contributed by atoms with Crippen molar-refractivity contribution in [1.29, 1.82) is 0 Å². The largest absolute Gasteiger partial charge is 0.391 e. The SMILES string of the molecule is CS[C@H]1c2ccccc2N[C@H]1CC[NH2+]CCO. The van der Waals surface area contributed by atoms with Gasteiger partial charge in [-0.25, -0.2) is 0 Å². The van der Waals surface area contributed by atoms with Gasteiger partial charge in [-0.2, -0.15) is 11.8 Å². The number of aliphatic hydroxyl groups excluding tert-OH is 1. The van der Waals surface area contributed by atoms with Gasteiger partial charge in [0.2, 0.25) is 0 Å². The minimum Gasteiger partial charge on any atom is -0.391 e. The number of para-hydroxylation sites is 1. The maximum atomic E-state index is 8.75. The smallest absolute Gasteiger partial charge is 0.0990 e. The van der Waals surface area contributed by atoms with E-state index in [9.17, 15) is 0 Å². The number of hydrogen-bond acceptors (Lipinski definition) is 3. The molecule has 17 heavy (non-hydrogen) atoms. The second-order valence-electron chi connectivity index (χ2n) is 4.37. The van der Waals surface area contributed by atoms with Crippen LogP contribution in [0.2, 0.25) is 0 Å². The van der Waals surface area contributed by atoms with Gasteiger partial charge in [-0.15, -0.1) is 0 Å². The van der Waals surface area contributed by atoms with Crippen molar-refractivity contribution in [2.75, 3.05) is 31.3 Å². The Labute approximate surface area is 107 Å². The Hall–Kier alpha value is -0.710. The van der Waals surface area contributed by atoms with Crippen LogP contribution in [0.3, 0.4) is 0 Å². The van der Waals surface area contributed by atoms with Gasteiger partial charge < -0.3 is 15.7 Å². The summed E-state index contributed by atoms with van der Waals surface area (Å²) in [6, 6.07) is 9.11. The van der Waals surface area contributed by atoms with Crippen LogP contribution in [0.1, 0.15) is 17.2 Å². The van der Waals surface area contributed by atoms with Crippen LogP contribution in [0.15, 0.2) is 24.3 Å². The number of fused-ring (bicyclic) bond motifs is 1. The summed E-state index contributed by atoms with van der Waals surface area (Å²) in [5.74, 6) is 0. The van der Waals surface area contributed by atoms with Crippen molar-refractivity contribution >= 4 is 17.4 Å². The quantitative estimate of drug-likeness (QED) is 0.658. The first-order valence-electron chi connectivity index (χ1n) is 6.17. The number of anilines is 1. The predicted octanol–water partition coefficient (Wildman–Crippen LogP) is 0.831. The monoisotopic (exact) mass is 253 g/mol. The fourth-order valence-electron chi connectivity index (χ4n) is 2.42. The van der Waals surface area contributed by atoms with Crippen LogP contribution in [0.4, 0.5) is 5.69 Å². The summed E-state index contributed by atoms with van der Waals surface area (Å²) < 4.78 is 0. The lowest BCUT2D eigenvalue weighted by molar-refractivity contribution is -0.656. The lowest BCUT2D eigenvalue weighted by Gasteiger charge is -2.17. The van der Waals surface area contributed by atoms with Crippen molar-refractivity contribution in [1.82, 2.24) is 0 Å². The van der Waals surface area contributed by atoms with E-state index in [1.807, 2.05) is 11.8 Å². The highest BCUT2D eigenvalue weighted by molar-refractivity contribution is 7.98. The Morgan fingerprint density at radius 1 is 1.35 bits per heavy atom. The number of hydrogen-bond donors (Lipinski definition) is 3. The molecule has 0 bridgehead atoms. The first-order valence-corrected chi connectivity index (χ1v) is 7.46. The van der Waals surface area contributed by atoms with Gasteiger partial charge in [-0.3, -0.25) is 0 Å². The summed E-state index contributed by atoms with van der Waals surface area (Å²) in [4.78, 5) is 0. The molecule has 0 aromatic heterocycles. The molecule has 0 aliphatic carbocycles. The molecule has 1 heterocycles. The van der Waals surface area contributed by atoms with E-state index >= 15 is 0 Å². The summed E-state index contributed by atoms with van der Waals surface area (Å²) in [5.41, 5.74) is 2.73. The molecular weight excluding hydrogens is 232 g/mol. The third-order valence-corrected chi connectivity index (χ3v) is 4.33. The summed E-state index contributed by atoms with van der Waals surface area (Å²) in [6.07, 6.45) is 3.32. The van der Waals surface area contributed by atoms with Crippen LogP contribution in [-0.4, -0.2) is 37.1 Å². The summed E-state index contributed by atoms with van der Waals surface area (Å²) in [5, 5.41) is 15.1. The third-order valence-electron chi connectivity index (χ3n) is 3.24. The first kappa shape index (κ1) is 12.7. The molecule has 4 N–H and O–H groups in total. The van der Waals surface area contributed by atoms with Crippen molar-refractivity contribution in [2.45, 2.75) is 17.7 Å². The molecule has 1 aromatic rings. The Morgan fingerprint density at radius 3 is 2.94 bits per heavy atom. The Kier molecular flexibility index (Phi) is 4.71. The highest BCUT2D eigenvalue weighted by atomic mass is 32.2. The number of thioether (sulfide) groups is 1. The van der Waals surface area contributed by atoms with Gasteiger partial charge in [0.05, 0.1) is 24.9 Å². The molecule has 0 amide bonds. The number of quaternary nitrogens is 1. The first-order chi connectivity index (χ1) is 8.36. The molecule has 2 atom stereocenters. The molecule has 0 unspecified atom stereocenters. The van der Waals surface area contributed by atoms with Crippen molar-refractivity contribution in [2.24, 2.45) is 0 Å². The van der Waals surface area contributed by atoms with Gasteiger partial charge in [-0.1, -0.05) is 18.2 Å². The molecule has 94 valence electrons. The van der Waals surface area contributed by atoms with Crippen molar-refractivity contribution in [3.8, 4) is 0 Å². The van der Waals surface area contributed by atoms with E-state index in [4.69, 9.17) is 5.11 Å².